The molecule has 2 aliphatic heterocycles. The number of amides is 1. The van der Waals surface area contributed by atoms with E-state index in [-0.39, 0.29) is 12.3 Å². The summed E-state index contributed by atoms with van der Waals surface area (Å²) < 4.78 is 2.02. The van der Waals surface area contributed by atoms with Crippen molar-refractivity contribution in [1.29, 1.82) is 0 Å². The second kappa shape index (κ2) is 10.9. The van der Waals surface area contributed by atoms with E-state index in [0.29, 0.717) is 48.3 Å². The molecule has 208 valence electrons. The standard InChI is InChI=1S/C31H29ClN6O2S/c1-19-25(12-11-23-6-4-5-15-33-23)41-30-27(19)28(21-7-9-22(32)10-8-21)34-24(29-36-35-20(2)38(29)30)18-26(39)37-16-13-31(3,40)14-17-37/h4-10,15,24,40H,13-14,16-18H2,1-3H3/t24-/m0/s1. The third-order valence-corrected chi connectivity index (χ3v) is 9.09. The van der Waals surface area contributed by atoms with Gasteiger partial charge in [-0.3, -0.25) is 14.4 Å². The topological polar surface area (TPSA) is 96.5 Å². The zero-order chi connectivity index (χ0) is 28.7. The summed E-state index contributed by atoms with van der Waals surface area (Å²) in [6.45, 7) is 6.82. The molecule has 1 saturated heterocycles. The Kier molecular flexibility index (Phi) is 7.24. The van der Waals surface area contributed by atoms with Gasteiger partial charge in [-0.1, -0.05) is 29.8 Å². The number of aryl methyl sites for hydroxylation is 1. The first-order valence-corrected chi connectivity index (χ1v) is 14.7. The van der Waals surface area contributed by atoms with Crippen LogP contribution in [0, 0.1) is 25.7 Å². The minimum Gasteiger partial charge on any atom is -0.390 e. The molecule has 6 rings (SSSR count). The molecule has 4 aromatic rings. The van der Waals surface area contributed by atoms with Crippen molar-refractivity contribution in [3.8, 4) is 16.8 Å². The highest BCUT2D eigenvalue weighted by Crippen LogP contribution is 2.40. The molecule has 0 unspecified atom stereocenters. The van der Waals surface area contributed by atoms with Gasteiger partial charge in [0.2, 0.25) is 5.91 Å². The van der Waals surface area contributed by atoms with Gasteiger partial charge >= 0.3 is 0 Å². The first-order valence-electron chi connectivity index (χ1n) is 13.5. The van der Waals surface area contributed by atoms with Crippen molar-refractivity contribution < 1.29 is 9.90 Å². The van der Waals surface area contributed by atoms with Crippen molar-refractivity contribution in [3.63, 3.8) is 0 Å². The minimum absolute atomic E-state index is 0.0131. The van der Waals surface area contributed by atoms with Gasteiger partial charge < -0.3 is 10.0 Å². The first-order chi connectivity index (χ1) is 19.7. The van der Waals surface area contributed by atoms with E-state index in [4.69, 9.17) is 16.6 Å². The van der Waals surface area contributed by atoms with Gasteiger partial charge in [0.15, 0.2) is 5.82 Å². The summed E-state index contributed by atoms with van der Waals surface area (Å²) in [5, 5.41) is 20.8. The summed E-state index contributed by atoms with van der Waals surface area (Å²) >= 11 is 7.80. The van der Waals surface area contributed by atoms with Gasteiger partial charge in [0.25, 0.3) is 0 Å². The zero-order valence-electron chi connectivity index (χ0n) is 23.1. The molecule has 3 aromatic heterocycles. The number of hydrogen-bond acceptors (Lipinski definition) is 7. The van der Waals surface area contributed by atoms with Crippen LogP contribution in [0.25, 0.3) is 5.00 Å². The van der Waals surface area contributed by atoms with Crippen molar-refractivity contribution in [2.75, 3.05) is 13.1 Å². The van der Waals surface area contributed by atoms with E-state index in [1.807, 2.05) is 72.7 Å². The number of fused-ring (bicyclic) bond motifs is 3. The summed E-state index contributed by atoms with van der Waals surface area (Å²) in [5.41, 5.74) is 3.55. The van der Waals surface area contributed by atoms with Gasteiger partial charge in [-0.05, 0) is 75.3 Å². The second-order valence-electron chi connectivity index (χ2n) is 10.7. The van der Waals surface area contributed by atoms with Crippen molar-refractivity contribution in [2.24, 2.45) is 4.99 Å². The summed E-state index contributed by atoms with van der Waals surface area (Å²) in [4.78, 5) is 25.8. The lowest BCUT2D eigenvalue weighted by Crippen LogP contribution is -2.45. The number of rotatable bonds is 3. The molecular weight excluding hydrogens is 556 g/mol. The van der Waals surface area contributed by atoms with Crippen LogP contribution in [-0.4, -0.2) is 60.1 Å². The third kappa shape index (κ3) is 5.43. The largest absolute Gasteiger partial charge is 0.390 e. The lowest BCUT2D eigenvalue weighted by Gasteiger charge is -2.36. The molecule has 0 radical (unpaired) electrons. The highest BCUT2D eigenvalue weighted by molar-refractivity contribution is 7.15. The van der Waals surface area contributed by atoms with Crippen LogP contribution in [0.5, 0.6) is 0 Å². The highest BCUT2D eigenvalue weighted by atomic mass is 35.5. The molecule has 1 fully saturated rings. The number of nitrogens with zero attached hydrogens (tertiary/aromatic N) is 6. The Bertz CT molecular complexity index is 1700. The number of benzene rings is 1. The minimum atomic E-state index is -0.737. The maximum Gasteiger partial charge on any atom is 0.225 e. The van der Waals surface area contributed by atoms with Crippen LogP contribution in [0.3, 0.4) is 0 Å². The van der Waals surface area contributed by atoms with E-state index < -0.39 is 11.6 Å². The number of likely N-dealkylation sites (tertiary alicyclic amines) is 1. The summed E-state index contributed by atoms with van der Waals surface area (Å²) in [6.07, 6.45) is 2.98. The number of carbonyl (C=O) groups is 1. The van der Waals surface area contributed by atoms with Crippen LogP contribution in [-0.2, 0) is 4.79 Å². The average Bonchev–Trinajstić information content (AvgIpc) is 3.45. The normalized spacial score (nSPS) is 17.5. The van der Waals surface area contributed by atoms with Crippen LogP contribution in [0.4, 0.5) is 0 Å². The van der Waals surface area contributed by atoms with Crippen molar-refractivity contribution in [1.82, 2.24) is 24.6 Å². The van der Waals surface area contributed by atoms with Gasteiger partial charge in [0.1, 0.15) is 22.6 Å². The second-order valence-corrected chi connectivity index (χ2v) is 12.2. The fourth-order valence-corrected chi connectivity index (χ4v) is 6.58. The van der Waals surface area contributed by atoms with Crippen molar-refractivity contribution in [3.05, 3.63) is 92.6 Å². The van der Waals surface area contributed by atoms with Crippen LogP contribution >= 0.6 is 22.9 Å². The fourth-order valence-electron chi connectivity index (χ4n) is 5.23. The van der Waals surface area contributed by atoms with Gasteiger partial charge in [0.05, 0.1) is 22.6 Å². The van der Waals surface area contributed by atoms with E-state index in [0.717, 1.165) is 32.3 Å². The molecular formula is C31H29ClN6O2S. The number of thiophene rings is 1. The summed E-state index contributed by atoms with van der Waals surface area (Å²) in [5.74, 6) is 7.82. The molecule has 0 saturated carbocycles. The third-order valence-electron chi connectivity index (χ3n) is 7.65. The molecule has 0 bridgehead atoms. The fraction of sp³-hybridized carbons (Fsp3) is 0.323. The van der Waals surface area contributed by atoms with Crippen LogP contribution < -0.4 is 0 Å². The number of aliphatic imine (C=N–C) groups is 1. The van der Waals surface area contributed by atoms with E-state index in [1.54, 1.807) is 17.5 Å². The lowest BCUT2D eigenvalue weighted by molar-refractivity contribution is -0.135. The number of aromatic nitrogens is 4. The number of carbonyl (C=O) groups excluding carboxylic acids is 1. The predicted molar refractivity (Wildman–Crippen MR) is 160 cm³/mol. The van der Waals surface area contributed by atoms with Gasteiger partial charge in [-0.2, -0.15) is 0 Å². The van der Waals surface area contributed by atoms with E-state index in [9.17, 15) is 9.90 Å². The molecule has 2 aliphatic rings. The smallest absolute Gasteiger partial charge is 0.225 e. The maximum absolute atomic E-state index is 13.5. The molecule has 1 amide bonds. The molecule has 1 aromatic carbocycles. The van der Waals surface area contributed by atoms with Gasteiger partial charge in [0, 0.05) is 35.4 Å². The Morgan fingerprint density at radius 1 is 1.12 bits per heavy atom. The zero-order valence-corrected chi connectivity index (χ0v) is 24.6. The first kappa shape index (κ1) is 27.3. The predicted octanol–water partition coefficient (Wildman–Crippen LogP) is 5.05. The average molecular weight is 585 g/mol. The van der Waals surface area contributed by atoms with Crippen LogP contribution in [0.2, 0.25) is 5.02 Å². The number of pyridine rings is 1. The number of halogens is 1. The summed E-state index contributed by atoms with van der Waals surface area (Å²) in [6, 6.07) is 12.7. The van der Waals surface area contributed by atoms with Crippen LogP contribution in [0.1, 0.15) is 71.1 Å². The SMILES string of the molecule is Cc1c(C#Cc2ccccn2)sc2c1C(c1ccc(Cl)cc1)=N[C@@H](CC(=O)N1CCC(C)(O)CC1)c1nnc(C)n1-2. The number of piperidine rings is 1. The van der Waals surface area contributed by atoms with Gasteiger partial charge in [-0.25, -0.2) is 4.98 Å². The number of aliphatic hydroxyl groups is 1. The quantitative estimate of drug-likeness (QED) is 0.340. The monoisotopic (exact) mass is 584 g/mol. The molecule has 8 nitrogen and oxygen atoms in total. The van der Waals surface area contributed by atoms with Crippen molar-refractivity contribution in [2.45, 2.75) is 51.7 Å². The molecule has 0 aliphatic carbocycles. The molecule has 0 spiro atoms. The Morgan fingerprint density at radius 2 is 1.88 bits per heavy atom. The Morgan fingerprint density at radius 3 is 2.59 bits per heavy atom. The van der Waals surface area contributed by atoms with E-state index in [1.165, 1.54) is 0 Å². The van der Waals surface area contributed by atoms with E-state index in [2.05, 4.69) is 27.0 Å². The maximum atomic E-state index is 13.5. The van der Waals surface area contributed by atoms with E-state index >= 15 is 0 Å². The van der Waals surface area contributed by atoms with Crippen molar-refractivity contribution >= 4 is 34.6 Å². The molecule has 1 N–H and O–H groups in total. The molecule has 5 heterocycles. The Hall–Kier alpha value is -3.84. The molecule has 10 heteroatoms. The molecule has 41 heavy (non-hydrogen) atoms. The lowest BCUT2D eigenvalue weighted by atomic mass is 9.93. The van der Waals surface area contributed by atoms with Crippen LogP contribution in [0.15, 0.2) is 53.7 Å². The Balaban J connectivity index is 1.46. The summed E-state index contributed by atoms with van der Waals surface area (Å²) in [7, 11) is 0. The number of hydrogen-bond donors (Lipinski definition) is 1. The Labute approximate surface area is 247 Å². The highest BCUT2D eigenvalue weighted by Gasteiger charge is 2.35. The molecule has 1 atom stereocenters. The van der Waals surface area contributed by atoms with Gasteiger partial charge in [-0.15, -0.1) is 21.5 Å².